The molecule has 3 N–H and O–H groups in total. The van der Waals surface area contributed by atoms with Gasteiger partial charge in [-0.2, -0.15) is 0 Å². The third kappa shape index (κ3) is 3.08. The number of aromatic nitrogens is 2. The fraction of sp³-hybridized carbons (Fsp3) is 0.667. The third-order valence-electron chi connectivity index (χ3n) is 3.42. The summed E-state index contributed by atoms with van der Waals surface area (Å²) in [4.78, 5) is 18.3. The van der Waals surface area contributed by atoms with E-state index in [1.165, 1.54) is 0 Å². The Morgan fingerprint density at radius 3 is 2.83 bits per heavy atom. The molecule has 6 nitrogen and oxygen atoms in total. The number of aryl methyl sites for hydroxylation is 1. The number of likely N-dealkylation sites (tertiary alicyclic amines) is 1. The maximum absolute atomic E-state index is 12.0. The minimum atomic E-state index is -0.0349. The van der Waals surface area contributed by atoms with Crippen molar-refractivity contribution in [3.05, 3.63) is 18.2 Å². The SMILES string of the molecule is Cn1cncc1C(=O)NC1CCN(CCN)CC1. The Labute approximate surface area is 107 Å². The lowest BCUT2D eigenvalue weighted by atomic mass is 10.0. The molecule has 18 heavy (non-hydrogen) atoms. The number of nitrogens with one attached hydrogen (secondary N) is 1. The van der Waals surface area contributed by atoms with E-state index in [1.54, 1.807) is 17.1 Å². The first-order valence-corrected chi connectivity index (χ1v) is 6.40. The molecule has 2 rings (SSSR count). The highest BCUT2D eigenvalue weighted by Crippen LogP contribution is 2.10. The van der Waals surface area contributed by atoms with Crippen molar-refractivity contribution in [2.45, 2.75) is 18.9 Å². The van der Waals surface area contributed by atoms with E-state index in [4.69, 9.17) is 5.73 Å². The van der Waals surface area contributed by atoms with Crippen molar-refractivity contribution >= 4 is 5.91 Å². The minimum absolute atomic E-state index is 0.0349. The zero-order valence-corrected chi connectivity index (χ0v) is 10.8. The Hall–Kier alpha value is -1.40. The van der Waals surface area contributed by atoms with Crippen LogP contribution in [0.2, 0.25) is 0 Å². The lowest BCUT2D eigenvalue weighted by molar-refractivity contribution is 0.0903. The number of rotatable bonds is 4. The average molecular weight is 251 g/mol. The van der Waals surface area contributed by atoms with E-state index in [2.05, 4.69) is 15.2 Å². The Morgan fingerprint density at radius 2 is 2.28 bits per heavy atom. The Morgan fingerprint density at radius 1 is 1.56 bits per heavy atom. The van der Waals surface area contributed by atoms with Gasteiger partial charge in [0.25, 0.3) is 5.91 Å². The topological polar surface area (TPSA) is 76.2 Å². The van der Waals surface area contributed by atoms with Gasteiger partial charge in [0.1, 0.15) is 5.69 Å². The van der Waals surface area contributed by atoms with Crippen molar-refractivity contribution in [1.82, 2.24) is 19.8 Å². The van der Waals surface area contributed by atoms with Crippen LogP contribution in [0.15, 0.2) is 12.5 Å². The maximum atomic E-state index is 12.0. The predicted octanol–water partition coefficient (Wildman–Crippen LogP) is -0.427. The van der Waals surface area contributed by atoms with E-state index in [0.717, 1.165) is 32.5 Å². The molecule has 1 aromatic heterocycles. The summed E-state index contributed by atoms with van der Waals surface area (Å²) in [6.45, 7) is 3.66. The van der Waals surface area contributed by atoms with Gasteiger partial charge in [-0.3, -0.25) is 4.79 Å². The van der Waals surface area contributed by atoms with Crippen LogP contribution in [0.25, 0.3) is 0 Å². The number of piperidine rings is 1. The number of carbonyl (C=O) groups is 1. The number of nitrogens with zero attached hydrogens (tertiary/aromatic N) is 3. The van der Waals surface area contributed by atoms with Crippen LogP contribution < -0.4 is 11.1 Å². The summed E-state index contributed by atoms with van der Waals surface area (Å²) in [5.41, 5.74) is 6.14. The molecule has 1 aliphatic heterocycles. The first-order valence-electron chi connectivity index (χ1n) is 6.40. The second-order valence-electron chi connectivity index (χ2n) is 4.77. The first-order chi connectivity index (χ1) is 8.70. The second kappa shape index (κ2) is 5.97. The molecule has 0 aromatic carbocycles. The summed E-state index contributed by atoms with van der Waals surface area (Å²) in [7, 11) is 1.83. The van der Waals surface area contributed by atoms with Gasteiger partial charge in [0.15, 0.2) is 0 Å². The van der Waals surface area contributed by atoms with Crippen LogP contribution in [-0.4, -0.2) is 52.6 Å². The molecular weight excluding hydrogens is 230 g/mol. The van der Waals surface area contributed by atoms with Gasteiger partial charge in [0.2, 0.25) is 0 Å². The van der Waals surface area contributed by atoms with Gasteiger partial charge < -0.3 is 20.5 Å². The first kappa shape index (κ1) is 13.0. The van der Waals surface area contributed by atoms with Crippen LogP contribution in [0.5, 0.6) is 0 Å². The number of imidazole rings is 1. The fourth-order valence-corrected chi connectivity index (χ4v) is 2.32. The smallest absolute Gasteiger partial charge is 0.269 e. The van der Waals surface area contributed by atoms with E-state index < -0.39 is 0 Å². The van der Waals surface area contributed by atoms with Crippen LogP contribution in [0.1, 0.15) is 23.3 Å². The monoisotopic (exact) mass is 251 g/mol. The van der Waals surface area contributed by atoms with Crippen molar-refractivity contribution in [2.75, 3.05) is 26.2 Å². The molecule has 0 spiro atoms. The van der Waals surface area contributed by atoms with Crippen molar-refractivity contribution < 1.29 is 4.79 Å². The van der Waals surface area contributed by atoms with Gasteiger partial charge in [-0.15, -0.1) is 0 Å². The molecule has 2 heterocycles. The number of amides is 1. The van der Waals surface area contributed by atoms with E-state index in [1.807, 2.05) is 7.05 Å². The van der Waals surface area contributed by atoms with Crippen LogP contribution in [0, 0.1) is 0 Å². The summed E-state index contributed by atoms with van der Waals surface area (Å²) in [5, 5.41) is 3.07. The largest absolute Gasteiger partial charge is 0.348 e. The molecule has 1 aromatic rings. The summed E-state index contributed by atoms with van der Waals surface area (Å²) in [6, 6.07) is 0.265. The molecule has 0 atom stereocenters. The quantitative estimate of drug-likeness (QED) is 0.761. The minimum Gasteiger partial charge on any atom is -0.348 e. The molecule has 1 fully saturated rings. The third-order valence-corrected chi connectivity index (χ3v) is 3.42. The lowest BCUT2D eigenvalue weighted by Gasteiger charge is -2.31. The Bertz CT molecular complexity index is 395. The Balaban J connectivity index is 1.81. The number of nitrogens with two attached hydrogens (primary N) is 1. The number of carbonyl (C=O) groups excluding carboxylic acids is 1. The zero-order chi connectivity index (χ0) is 13.0. The molecule has 0 bridgehead atoms. The normalized spacial score (nSPS) is 17.9. The summed E-state index contributed by atoms with van der Waals surface area (Å²) < 4.78 is 1.74. The molecule has 0 saturated carbocycles. The fourth-order valence-electron chi connectivity index (χ4n) is 2.32. The van der Waals surface area contributed by atoms with Crippen molar-refractivity contribution in [1.29, 1.82) is 0 Å². The Kier molecular flexibility index (Phi) is 4.33. The van der Waals surface area contributed by atoms with Gasteiger partial charge in [0.05, 0.1) is 12.5 Å². The second-order valence-corrected chi connectivity index (χ2v) is 4.77. The van der Waals surface area contributed by atoms with Gasteiger partial charge >= 0.3 is 0 Å². The maximum Gasteiger partial charge on any atom is 0.269 e. The van der Waals surface area contributed by atoms with Crippen molar-refractivity contribution in [2.24, 2.45) is 12.8 Å². The number of hydrogen-bond donors (Lipinski definition) is 2. The molecule has 0 aliphatic carbocycles. The zero-order valence-electron chi connectivity index (χ0n) is 10.8. The molecule has 6 heteroatoms. The molecule has 0 radical (unpaired) electrons. The summed E-state index contributed by atoms with van der Waals surface area (Å²) in [5.74, 6) is -0.0349. The standard InChI is InChI=1S/C12H21N5O/c1-16-9-14-8-11(16)12(18)15-10-2-5-17(6-3-10)7-4-13/h8-10H,2-7,13H2,1H3,(H,15,18). The molecular formula is C12H21N5O. The van der Waals surface area contributed by atoms with Crippen molar-refractivity contribution in [3.8, 4) is 0 Å². The highest BCUT2D eigenvalue weighted by molar-refractivity contribution is 5.92. The van der Waals surface area contributed by atoms with Crippen LogP contribution in [-0.2, 0) is 7.05 Å². The molecule has 1 saturated heterocycles. The molecule has 100 valence electrons. The van der Waals surface area contributed by atoms with Gasteiger partial charge in [-0.1, -0.05) is 0 Å². The van der Waals surface area contributed by atoms with Gasteiger partial charge in [-0.05, 0) is 12.8 Å². The predicted molar refractivity (Wildman–Crippen MR) is 69.2 cm³/mol. The van der Waals surface area contributed by atoms with Crippen molar-refractivity contribution in [3.63, 3.8) is 0 Å². The molecule has 1 aliphatic rings. The molecule has 1 amide bonds. The van der Waals surface area contributed by atoms with E-state index in [-0.39, 0.29) is 11.9 Å². The number of hydrogen-bond acceptors (Lipinski definition) is 4. The summed E-state index contributed by atoms with van der Waals surface area (Å²) >= 11 is 0. The van der Waals surface area contributed by atoms with E-state index in [0.29, 0.717) is 12.2 Å². The van der Waals surface area contributed by atoms with Crippen LogP contribution >= 0.6 is 0 Å². The lowest BCUT2D eigenvalue weighted by Crippen LogP contribution is -2.46. The summed E-state index contributed by atoms with van der Waals surface area (Å²) in [6.07, 6.45) is 5.21. The van der Waals surface area contributed by atoms with Gasteiger partial charge in [-0.25, -0.2) is 4.98 Å². The van der Waals surface area contributed by atoms with Gasteiger partial charge in [0, 0.05) is 39.3 Å². The highest BCUT2D eigenvalue weighted by Gasteiger charge is 2.21. The van der Waals surface area contributed by atoms with E-state index in [9.17, 15) is 4.79 Å². The average Bonchev–Trinajstić information content (AvgIpc) is 2.78. The molecule has 0 unspecified atom stereocenters. The van der Waals surface area contributed by atoms with Crippen LogP contribution in [0.4, 0.5) is 0 Å². The highest BCUT2D eigenvalue weighted by atomic mass is 16.2. The van der Waals surface area contributed by atoms with Crippen LogP contribution in [0.3, 0.4) is 0 Å². The van der Waals surface area contributed by atoms with E-state index >= 15 is 0 Å².